The largest absolute Gasteiger partial charge is 0.330 e. The van der Waals surface area contributed by atoms with E-state index in [1.807, 2.05) is 0 Å². The van der Waals surface area contributed by atoms with Crippen molar-refractivity contribution in [2.45, 2.75) is 96.9 Å². The Morgan fingerprint density at radius 3 is 1.71 bits per heavy atom. The van der Waals surface area contributed by atoms with Crippen LogP contribution in [0.15, 0.2) is 0 Å². The van der Waals surface area contributed by atoms with Gasteiger partial charge in [0, 0.05) is 6.42 Å². The first-order valence-corrected chi connectivity index (χ1v) is 9.57. The van der Waals surface area contributed by atoms with Gasteiger partial charge in [-0.15, -0.1) is 0 Å². The predicted molar refractivity (Wildman–Crippen MR) is 96.6 cm³/mol. The van der Waals surface area contributed by atoms with E-state index in [1.165, 1.54) is 77.2 Å². The molecule has 0 aromatic carbocycles. The summed E-state index contributed by atoms with van der Waals surface area (Å²) in [4.78, 5) is 0. The molecule has 2 N–H and O–H groups in total. The van der Waals surface area contributed by atoms with Crippen LogP contribution in [-0.4, -0.2) is 37.7 Å². The van der Waals surface area contributed by atoms with E-state index >= 15 is 0 Å². The third-order valence-corrected chi connectivity index (χ3v) is 5.11. The van der Waals surface area contributed by atoms with E-state index in [-0.39, 0.29) is 0 Å². The molecule has 0 radical (unpaired) electrons. The third kappa shape index (κ3) is 12.2. The molecule has 0 aliphatic heterocycles. The van der Waals surface area contributed by atoms with Crippen LogP contribution < -0.4 is 5.73 Å². The highest BCUT2D eigenvalue weighted by Crippen LogP contribution is 2.16. The lowest BCUT2D eigenvalue weighted by Crippen LogP contribution is -2.48. The third-order valence-electron chi connectivity index (χ3n) is 5.11. The summed E-state index contributed by atoms with van der Waals surface area (Å²) < 4.78 is 1.13. The summed E-state index contributed by atoms with van der Waals surface area (Å²) >= 11 is 0. The van der Waals surface area contributed by atoms with Crippen LogP contribution in [0.3, 0.4) is 0 Å². The van der Waals surface area contributed by atoms with Gasteiger partial charge in [-0.1, -0.05) is 64.7 Å². The van der Waals surface area contributed by atoms with Crippen molar-refractivity contribution in [3.05, 3.63) is 0 Å². The van der Waals surface area contributed by atoms with E-state index in [2.05, 4.69) is 27.9 Å². The number of unbranched alkanes of at least 4 members (excludes halogenated alkanes) is 9. The standard InChI is InChI=1S/C19H43N2/c1-5-6-7-8-9-10-11-12-13-14-16-19(2)21(3,4)18-15-17-20/h19H,5-18,20H2,1-4H3/q+1. The molecule has 0 amide bonds. The van der Waals surface area contributed by atoms with E-state index in [9.17, 15) is 0 Å². The van der Waals surface area contributed by atoms with Gasteiger partial charge in [0.15, 0.2) is 0 Å². The number of hydrogen-bond donors (Lipinski definition) is 1. The molecular weight excluding hydrogens is 256 g/mol. The Kier molecular flexibility index (Phi) is 13.5. The molecule has 2 heteroatoms. The van der Waals surface area contributed by atoms with E-state index in [4.69, 9.17) is 5.73 Å². The van der Waals surface area contributed by atoms with Crippen molar-refractivity contribution < 1.29 is 4.48 Å². The second-order valence-corrected chi connectivity index (χ2v) is 7.46. The van der Waals surface area contributed by atoms with Crippen molar-refractivity contribution in [1.82, 2.24) is 0 Å². The Morgan fingerprint density at radius 2 is 1.24 bits per heavy atom. The van der Waals surface area contributed by atoms with Gasteiger partial charge in [-0.05, 0) is 26.3 Å². The minimum atomic E-state index is 0.769. The maximum Gasteiger partial charge on any atom is 0.0857 e. The topological polar surface area (TPSA) is 26.0 Å². The number of rotatable bonds is 15. The van der Waals surface area contributed by atoms with Gasteiger partial charge in [-0.25, -0.2) is 0 Å². The van der Waals surface area contributed by atoms with Gasteiger partial charge >= 0.3 is 0 Å². The summed E-state index contributed by atoms with van der Waals surface area (Å²) in [6, 6.07) is 0.769. The van der Waals surface area contributed by atoms with Gasteiger partial charge in [0.1, 0.15) is 0 Å². The van der Waals surface area contributed by atoms with Crippen LogP contribution in [0.25, 0.3) is 0 Å². The lowest BCUT2D eigenvalue weighted by atomic mass is 10.0. The van der Waals surface area contributed by atoms with Gasteiger partial charge in [0.2, 0.25) is 0 Å². The van der Waals surface area contributed by atoms with Crippen LogP contribution in [0.2, 0.25) is 0 Å². The second-order valence-electron chi connectivity index (χ2n) is 7.46. The van der Waals surface area contributed by atoms with Gasteiger partial charge in [0.05, 0.1) is 26.7 Å². The van der Waals surface area contributed by atoms with Gasteiger partial charge in [-0.2, -0.15) is 0 Å². The predicted octanol–water partition coefficient (Wildman–Crippen LogP) is 5.11. The van der Waals surface area contributed by atoms with Crippen molar-refractivity contribution in [1.29, 1.82) is 0 Å². The Balaban J connectivity index is 3.41. The lowest BCUT2D eigenvalue weighted by molar-refractivity contribution is -0.913. The Labute approximate surface area is 135 Å². The number of nitrogens with two attached hydrogens (primary N) is 1. The lowest BCUT2D eigenvalue weighted by Gasteiger charge is -2.36. The van der Waals surface area contributed by atoms with Gasteiger partial charge in [-0.3, -0.25) is 0 Å². The summed E-state index contributed by atoms with van der Waals surface area (Å²) in [7, 11) is 4.72. The smallest absolute Gasteiger partial charge is 0.0857 e. The van der Waals surface area contributed by atoms with Crippen molar-refractivity contribution in [3.8, 4) is 0 Å². The minimum absolute atomic E-state index is 0.769. The first kappa shape index (κ1) is 20.9. The maximum atomic E-state index is 5.63. The van der Waals surface area contributed by atoms with Crippen LogP contribution in [0, 0.1) is 0 Å². The molecule has 0 aromatic rings. The highest BCUT2D eigenvalue weighted by atomic mass is 15.3. The van der Waals surface area contributed by atoms with Crippen molar-refractivity contribution in [2.24, 2.45) is 5.73 Å². The van der Waals surface area contributed by atoms with Crippen molar-refractivity contribution in [3.63, 3.8) is 0 Å². The SMILES string of the molecule is CCCCCCCCCCCCC(C)[N+](C)(C)CCCN. The minimum Gasteiger partial charge on any atom is -0.330 e. The fourth-order valence-corrected chi connectivity index (χ4v) is 3.00. The molecule has 0 bridgehead atoms. The Hall–Kier alpha value is -0.0800. The highest BCUT2D eigenvalue weighted by molar-refractivity contribution is 4.54. The second kappa shape index (κ2) is 13.6. The molecule has 1 atom stereocenters. The van der Waals surface area contributed by atoms with Crippen LogP contribution >= 0.6 is 0 Å². The van der Waals surface area contributed by atoms with Crippen molar-refractivity contribution in [2.75, 3.05) is 27.2 Å². The van der Waals surface area contributed by atoms with Crippen LogP contribution in [-0.2, 0) is 0 Å². The van der Waals surface area contributed by atoms with Gasteiger partial charge in [0.25, 0.3) is 0 Å². The summed E-state index contributed by atoms with van der Waals surface area (Å²) in [5.74, 6) is 0. The monoisotopic (exact) mass is 299 g/mol. The fourth-order valence-electron chi connectivity index (χ4n) is 3.00. The number of nitrogens with zero attached hydrogens (tertiary/aromatic N) is 1. The molecular formula is C19H43N2+. The molecule has 2 nitrogen and oxygen atoms in total. The zero-order valence-electron chi connectivity index (χ0n) is 15.5. The zero-order chi connectivity index (χ0) is 16.0. The molecule has 0 fully saturated rings. The summed E-state index contributed by atoms with van der Waals surface area (Å²) in [6.45, 7) is 6.74. The molecule has 1 unspecified atom stereocenters. The maximum absolute atomic E-state index is 5.63. The molecule has 0 heterocycles. The first-order valence-electron chi connectivity index (χ1n) is 9.57. The highest BCUT2D eigenvalue weighted by Gasteiger charge is 2.22. The van der Waals surface area contributed by atoms with E-state index in [0.717, 1.165) is 23.5 Å². The molecule has 21 heavy (non-hydrogen) atoms. The molecule has 0 saturated heterocycles. The van der Waals surface area contributed by atoms with E-state index in [0.29, 0.717) is 0 Å². The van der Waals surface area contributed by atoms with E-state index < -0.39 is 0 Å². The molecule has 0 spiro atoms. The van der Waals surface area contributed by atoms with Crippen LogP contribution in [0.1, 0.15) is 90.9 Å². The van der Waals surface area contributed by atoms with E-state index in [1.54, 1.807) is 0 Å². The van der Waals surface area contributed by atoms with Gasteiger partial charge < -0.3 is 10.2 Å². The normalized spacial score (nSPS) is 13.6. The molecule has 0 rings (SSSR count). The molecule has 0 aliphatic carbocycles. The quantitative estimate of drug-likeness (QED) is 0.330. The average molecular weight is 300 g/mol. The number of quaternary nitrogens is 1. The summed E-state index contributed by atoms with van der Waals surface area (Å²) in [5, 5.41) is 0. The Morgan fingerprint density at radius 1 is 0.762 bits per heavy atom. The zero-order valence-corrected chi connectivity index (χ0v) is 15.5. The van der Waals surface area contributed by atoms with Crippen LogP contribution in [0.5, 0.6) is 0 Å². The number of hydrogen-bond acceptors (Lipinski definition) is 1. The molecule has 128 valence electrons. The Bertz CT molecular complexity index is 214. The average Bonchev–Trinajstić information content (AvgIpc) is 2.46. The summed E-state index contributed by atoms with van der Waals surface area (Å²) in [6.07, 6.45) is 16.8. The first-order chi connectivity index (χ1) is 10.0. The molecule has 0 aromatic heterocycles. The summed E-state index contributed by atoms with van der Waals surface area (Å²) in [5.41, 5.74) is 5.63. The fraction of sp³-hybridized carbons (Fsp3) is 1.00. The molecule has 0 aliphatic rings. The van der Waals surface area contributed by atoms with Crippen LogP contribution in [0.4, 0.5) is 0 Å². The van der Waals surface area contributed by atoms with Crippen molar-refractivity contribution >= 4 is 0 Å². The molecule has 0 saturated carbocycles.